The molecule has 0 heterocycles. The molecule has 0 bridgehead atoms. The van der Waals surface area contributed by atoms with E-state index in [-0.39, 0.29) is 23.8 Å². The smallest absolute Gasteiger partial charge is 0.408 e. The molecular formula is C33H47N3O4. The number of carbonyl (C=O) groups is 3. The number of ether oxygens (including phenoxy) is 1. The van der Waals surface area contributed by atoms with Gasteiger partial charge < -0.3 is 20.3 Å². The maximum atomic E-state index is 14.4. The van der Waals surface area contributed by atoms with Crippen LogP contribution in [0.5, 0.6) is 0 Å². The number of hydrogen-bond donors (Lipinski definition) is 2. The van der Waals surface area contributed by atoms with E-state index in [9.17, 15) is 14.4 Å². The van der Waals surface area contributed by atoms with Crippen molar-refractivity contribution in [1.29, 1.82) is 0 Å². The molecule has 0 spiro atoms. The van der Waals surface area contributed by atoms with E-state index in [4.69, 9.17) is 4.74 Å². The first kappa shape index (κ1) is 32.6. The van der Waals surface area contributed by atoms with Gasteiger partial charge in [-0.3, -0.25) is 9.59 Å². The number of hydrogen-bond acceptors (Lipinski definition) is 4. The largest absolute Gasteiger partial charge is 0.444 e. The average Bonchev–Trinajstić information content (AvgIpc) is 2.86. The Morgan fingerprint density at radius 2 is 1.62 bits per heavy atom. The molecular weight excluding hydrogens is 502 g/mol. The number of anilines is 1. The Labute approximate surface area is 240 Å². The molecule has 2 N–H and O–H groups in total. The van der Waals surface area contributed by atoms with E-state index in [2.05, 4.69) is 17.2 Å². The van der Waals surface area contributed by atoms with Gasteiger partial charge in [0.15, 0.2) is 0 Å². The van der Waals surface area contributed by atoms with Crippen LogP contribution in [0.1, 0.15) is 89.6 Å². The summed E-state index contributed by atoms with van der Waals surface area (Å²) in [5.41, 5.74) is 3.36. The standard InChI is InChI=1S/C33H47N3O4/c1-11-24(7)36(31(38)27(19-21(3)4)34-32(39)40-33(8,9)10)29(26-18-14-17-25(12-2)20-26)30(37)35-28-22(5)15-13-16-23(28)6/h12-18,20-21,24,27,29H,2,11,19H2,1,3-10H3,(H,34,39)(H,35,37). The van der Waals surface area contributed by atoms with Crippen molar-refractivity contribution in [2.24, 2.45) is 5.92 Å². The number of nitrogens with one attached hydrogen (secondary N) is 2. The molecule has 2 aromatic rings. The number of para-hydroxylation sites is 1. The zero-order valence-electron chi connectivity index (χ0n) is 25.6. The van der Waals surface area contributed by atoms with Gasteiger partial charge >= 0.3 is 6.09 Å². The van der Waals surface area contributed by atoms with E-state index in [0.29, 0.717) is 18.4 Å². The normalized spacial score (nSPS) is 13.7. The highest BCUT2D eigenvalue weighted by Crippen LogP contribution is 2.30. The zero-order valence-corrected chi connectivity index (χ0v) is 25.6. The van der Waals surface area contributed by atoms with E-state index < -0.39 is 23.8 Å². The average molecular weight is 550 g/mol. The number of amides is 3. The zero-order chi connectivity index (χ0) is 30.2. The summed E-state index contributed by atoms with van der Waals surface area (Å²) in [5.74, 6) is -0.555. The van der Waals surface area contributed by atoms with Crippen molar-refractivity contribution < 1.29 is 19.1 Å². The Hall–Kier alpha value is -3.61. The Morgan fingerprint density at radius 3 is 2.15 bits per heavy atom. The van der Waals surface area contributed by atoms with Crippen LogP contribution in [0.3, 0.4) is 0 Å². The van der Waals surface area contributed by atoms with Crippen LogP contribution in [0.4, 0.5) is 10.5 Å². The van der Waals surface area contributed by atoms with Crippen molar-refractivity contribution in [2.75, 3.05) is 5.32 Å². The van der Waals surface area contributed by atoms with Crippen LogP contribution >= 0.6 is 0 Å². The molecule has 0 aliphatic heterocycles. The molecule has 3 amide bonds. The molecule has 2 aromatic carbocycles. The minimum Gasteiger partial charge on any atom is -0.444 e. The molecule has 0 aliphatic rings. The van der Waals surface area contributed by atoms with Gasteiger partial charge in [-0.15, -0.1) is 0 Å². The Balaban J connectivity index is 2.65. The van der Waals surface area contributed by atoms with E-state index >= 15 is 0 Å². The Kier molecular flexibility index (Phi) is 11.5. The number of nitrogens with zero attached hydrogens (tertiary/aromatic N) is 1. The van der Waals surface area contributed by atoms with Crippen molar-refractivity contribution in [2.45, 2.75) is 98.9 Å². The van der Waals surface area contributed by atoms with Crippen molar-refractivity contribution in [1.82, 2.24) is 10.2 Å². The molecule has 0 saturated carbocycles. The van der Waals surface area contributed by atoms with Crippen LogP contribution in [0.15, 0.2) is 49.0 Å². The van der Waals surface area contributed by atoms with Crippen LogP contribution in [-0.2, 0) is 14.3 Å². The monoisotopic (exact) mass is 549 g/mol. The highest BCUT2D eigenvalue weighted by atomic mass is 16.6. The third-order valence-electron chi connectivity index (χ3n) is 6.73. The van der Waals surface area contributed by atoms with Gasteiger partial charge in [0.1, 0.15) is 17.7 Å². The molecule has 0 aliphatic carbocycles. The fourth-order valence-corrected chi connectivity index (χ4v) is 4.62. The summed E-state index contributed by atoms with van der Waals surface area (Å²) in [6, 6.07) is 11.2. The maximum Gasteiger partial charge on any atom is 0.408 e. The minimum absolute atomic E-state index is 0.105. The molecule has 40 heavy (non-hydrogen) atoms. The van der Waals surface area contributed by atoms with Crippen LogP contribution in [0.25, 0.3) is 6.08 Å². The highest BCUT2D eigenvalue weighted by molar-refractivity contribution is 6.00. The lowest BCUT2D eigenvalue weighted by Crippen LogP contribution is -2.55. The SMILES string of the molecule is C=Cc1cccc(C(C(=O)Nc2c(C)cccc2C)N(C(=O)C(CC(C)C)NC(=O)OC(C)(C)C)C(C)CC)c1. The molecule has 7 nitrogen and oxygen atoms in total. The minimum atomic E-state index is -0.948. The predicted octanol–water partition coefficient (Wildman–Crippen LogP) is 7.19. The van der Waals surface area contributed by atoms with Crippen LogP contribution in [0.2, 0.25) is 0 Å². The summed E-state index contributed by atoms with van der Waals surface area (Å²) in [4.78, 5) is 43.0. The lowest BCUT2D eigenvalue weighted by Gasteiger charge is -2.38. The number of aryl methyl sites for hydroxylation is 2. The fourth-order valence-electron chi connectivity index (χ4n) is 4.62. The third-order valence-corrected chi connectivity index (χ3v) is 6.73. The predicted molar refractivity (Wildman–Crippen MR) is 163 cm³/mol. The molecule has 7 heteroatoms. The first-order valence-electron chi connectivity index (χ1n) is 14.1. The second-order valence-electron chi connectivity index (χ2n) is 11.9. The number of rotatable bonds is 11. The molecule has 218 valence electrons. The lowest BCUT2D eigenvalue weighted by molar-refractivity contribution is -0.143. The van der Waals surface area contributed by atoms with Crippen LogP contribution in [-0.4, -0.2) is 40.5 Å². The molecule has 0 fully saturated rings. The van der Waals surface area contributed by atoms with Gasteiger partial charge in [0.25, 0.3) is 5.91 Å². The van der Waals surface area contributed by atoms with Crippen molar-refractivity contribution in [3.63, 3.8) is 0 Å². The summed E-state index contributed by atoms with van der Waals surface area (Å²) in [5, 5.41) is 5.91. The van der Waals surface area contributed by atoms with Crippen LogP contribution in [0, 0.1) is 19.8 Å². The van der Waals surface area contributed by atoms with Crippen molar-refractivity contribution in [3.05, 3.63) is 71.3 Å². The van der Waals surface area contributed by atoms with Gasteiger partial charge in [-0.1, -0.05) is 69.8 Å². The summed E-state index contributed by atoms with van der Waals surface area (Å²) >= 11 is 0. The summed E-state index contributed by atoms with van der Waals surface area (Å²) < 4.78 is 5.48. The van der Waals surface area contributed by atoms with Crippen molar-refractivity contribution >= 4 is 29.7 Å². The molecule has 2 rings (SSSR count). The van der Waals surface area contributed by atoms with Gasteiger partial charge in [0, 0.05) is 11.7 Å². The second kappa shape index (κ2) is 14.1. The molecule has 0 radical (unpaired) electrons. The van der Waals surface area contributed by atoms with Crippen molar-refractivity contribution in [3.8, 4) is 0 Å². The number of carbonyl (C=O) groups excluding carboxylic acids is 3. The Morgan fingerprint density at radius 1 is 1.02 bits per heavy atom. The topological polar surface area (TPSA) is 87.7 Å². The first-order chi connectivity index (χ1) is 18.7. The number of alkyl carbamates (subject to hydrolysis) is 1. The quantitative estimate of drug-likeness (QED) is 0.310. The van der Waals surface area contributed by atoms with Gasteiger partial charge in [-0.2, -0.15) is 0 Å². The lowest BCUT2D eigenvalue weighted by atomic mass is 9.96. The fraction of sp³-hybridized carbons (Fsp3) is 0.485. The molecule has 3 unspecified atom stereocenters. The number of benzene rings is 2. The summed E-state index contributed by atoms with van der Waals surface area (Å²) in [6.07, 6.45) is 2.05. The van der Waals surface area contributed by atoms with Gasteiger partial charge in [-0.25, -0.2) is 4.79 Å². The van der Waals surface area contributed by atoms with E-state index in [1.54, 1.807) is 31.7 Å². The summed E-state index contributed by atoms with van der Waals surface area (Å²) in [7, 11) is 0. The maximum absolute atomic E-state index is 14.4. The van der Waals surface area contributed by atoms with Gasteiger partial charge in [0.2, 0.25) is 5.91 Å². The molecule has 0 aromatic heterocycles. The molecule has 0 saturated heterocycles. The van der Waals surface area contributed by atoms with E-state index in [1.165, 1.54) is 0 Å². The van der Waals surface area contributed by atoms with E-state index in [1.807, 2.05) is 84.0 Å². The summed E-state index contributed by atoms with van der Waals surface area (Å²) in [6.45, 7) is 21.0. The van der Waals surface area contributed by atoms with E-state index in [0.717, 1.165) is 22.4 Å². The van der Waals surface area contributed by atoms with Crippen LogP contribution < -0.4 is 10.6 Å². The third kappa shape index (κ3) is 8.97. The highest BCUT2D eigenvalue weighted by Gasteiger charge is 2.39. The second-order valence-corrected chi connectivity index (χ2v) is 11.9. The van der Waals surface area contributed by atoms with Gasteiger partial charge in [-0.05, 0) is 88.6 Å². The van der Waals surface area contributed by atoms with Gasteiger partial charge in [0.05, 0.1) is 0 Å². The Bertz CT molecular complexity index is 1180. The first-order valence-corrected chi connectivity index (χ1v) is 14.1. The molecule has 3 atom stereocenters.